The molecular weight excluding hydrogens is 428 g/mol. The van der Waals surface area contributed by atoms with E-state index in [0.29, 0.717) is 18.1 Å². The van der Waals surface area contributed by atoms with E-state index in [4.69, 9.17) is 9.47 Å². The highest BCUT2D eigenvalue weighted by Crippen LogP contribution is 2.27. The molecule has 2 aromatic carbocycles. The van der Waals surface area contributed by atoms with Crippen LogP contribution in [0, 0.1) is 6.92 Å². The number of carboxylic acids is 1. The first-order valence-corrected chi connectivity index (χ1v) is 11.1. The molecule has 32 heavy (non-hydrogen) atoms. The Morgan fingerprint density at radius 1 is 1.19 bits per heavy atom. The van der Waals surface area contributed by atoms with Crippen LogP contribution in [0.5, 0.6) is 5.75 Å². The predicted molar refractivity (Wildman–Crippen MR) is 123 cm³/mol. The molecular formula is C24H26N2O5S. The van der Waals surface area contributed by atoms with Gasteiger partial charge in [-0.05, 0) is 25.5 Å². The van der Waals surface area contributed by atoms with E-state index in [9.17, 15) is 14.7 Å². The van der Waals surface area contributed by atoms with Crippen molar-refractivity contribution in [2.45, 2.75) is 32.9 Å². The number of benzene rings is 2. The molecule has 8 heteroatoms. The van der Waals surface area contributed by atoms with E-state index >= 15 is 0 Å². The molecule has 7 nitrogen and oxygen atoms in total. The Morgan fingerprint density at radius 3 is 2.59 bits per heavy atom. The van der Waals surface area contributed by atoms with Gasteiger partial charge in [0.25, 0.3) is 5.91 Å². The van der Waals surface area contributed by atoms with E-state index in [2.05, 4.69) is 10.3 Å². The lowest BCUT2D eigenvalue weighted by molar-refractivity contribution is -0.149. The van der Waals surface area contributed by atoms with Crippen LogP contribution in [0.15, 0.2) is 48.5 Å². The summed E-state index contributed by atoms with van der Waals surface area (Å²) in [5.74, 6) is -0.672. The molecule has 0 aliphatic heterocycles. The Labute approximate surface area is 191 Å². The number of aliphatic carboxylic acids is 1. The SMILES string of the molecule is CCOC(Cc1ccc(OC)c(CNC(=O)c2nc(-c3ccccc3)sc2C)c1)C(=O)O. The Balaban J connectivity index is 1.74. The second-order valence-corrected chi connectivity index (χ2v) is 8.31. The van der Waals surface area contributed by atoms with E-state index in [-0.39, 0.29) is 18.9 Å². The lowest BCUT2D eigenvalue weighted by atomic mass is 10.0. The summed E-state index contributed by atoms with van der Waals surface area (Å²) in [5.41, 5.74) is 2.89. The van der Waals surface area contributed by atoms with Gasteiger partial charge in [-0.2, -0.15) is 0 Å². The van der Waals surface area contributed by atoms with Gasteiger partial charge in [-0.15, -0.1) is 11.3 Å². The molecule has 3 aromatic rings. The first-order valence-electron chi connectivity index (χ1n) is 10.2. The normalized spacial score (nSPS) is 11.7. The van der Waals surface area contributed by atoms with Crippen molar-refractivity contribution < 1.29 is 24.2 Å². The number of methoxy groups -OCH3 is 1. The molecule has 2 N–H and O–H groups in total. The number of carboxylic acid groups (broad SMARTS) is 1. The number of carbonyl (C=O) groups excluding carboxylic acids is 1. The number of ether oxygens (including phenoxy) is 2. The van der Waals surface area contributed by atoms with E-state index in [0.717, 1.165) is 26.6 Å². The van der Waals surface area contributed by atoms with Gasteiger partial charge in [-0.1, -0.05) is 42.5 Å². The topological polar surface area (TPSA) is 97.8 Å². The molecule has 0 saturated heterocycles. The summed E-state index contributed by atoms with van der Waals surface area (Å²) < 4.78 is 10.7. The molecule has 1 aromatic heterocycles. The second-order valence-electron chi connectivity index (χ2n) is 7.11. The minimum atomic E-state index is -1.01. The predicted octanol–water partition coefficient (Wildman–Crippen LogP) is 4.09. The number of aromatic nitrogens is 1. The molecule has 1 heterocycles. The zero-order valence-electron chi connectivity index (χ0n) is 18.3. The Kier molecular flexibility index (Phi) is 7.97. The number of hydrogen-bond acceptors (Lipinski definition) is 6. The quantitative estimate of drug-likeness (QED) is 0.479. The molecule has 1 atom stereocenters. The summed E-state index contributed by atoms with van der Waals surface area (Å²) >= 11 is 1.48. The monoisotopic (exact) mass is 454 g/mol. The highest BCUT2D eigenvalue weighted by molar-refractivity contribution is 7.15. The molecule has 3 rings (SSSR count). The third-order valence-corrected chi connectivity index (χ3v) is 5.90. The number of nitrogens with zero attached hydrogens (tertiary/aromatic N) is 1. The summed E-state index contributed by atoms with van der Waals surface area (Å²) in [6.07, 6.45) is -0.704. The summed E-state index contributed by atoms with van der Waals surface area (Å²) in [4.78, 5) is 29.6. The average molecular weight is 455 g/mol. The Bertz CT molecular complexity index is 1080. The van der Waals surface area contributed by atoms with Crippen molar-refractivity contribution in [1.29, 1.82) is 0 Å². The number of aryl methyl sites for hydroxylation is 1. The molecule has 0 spiro atoms. The molecule has 0 aliphatic rings. The molecule has 0 fully saturated rings. The van der Waals surface area contributed by atoms with Gasteiger partial charge in [0.15, 0.2) is 6.10 Å². The first kappa shape index (κ1) is 23.4. The standard InChI is InChI=1S/C24H26N2O5S/c1-4-31-20(24(28)29)13-16-10-11-19(30-3)18(12-16)14-25-22(27)21-15(2)32-23(26-21)17-8-6-5-7-9-17/h5-12,20H,4,13-14H2,1-3H3,(H,25,27)(H,28,29). The number of thiazole rings is 1. The smallest absolute Gasteiger partial charge is 0.333 e. The molecule has 1 unspecified atom stereocenters. The van der Waals surface area contributed by atoms with Gasteiger partial charge in [0.2, 0.25) is 0 Å². The maximum absolute atomic E-state index is 12.8. The van der Waals surface area contributed by atoms with Crippen molar-refractivity contribution >= 4 is 23.2 Å². The number of rotatable bonds is 10. The molecule has 0 bridgehead atoms. The Hall–Kier alpha value is -3.23. The zero-order chi connectivity index (χ0) is 23.1. The Morgan fingerprint density at radius 2 is 1.94 bits per heavy atom. The van der Waals surface area contributed by atoms with Gasteiger partial charge in [-0.25, -0.2) is 9.78 Å². The fourth-order valence-corrected chi connectivity index (χ4v) is 4.22. The van der Waals surface area contributed by atoms with Crippen LogP contribution >= 0.6 is 11.3 Å². The third kappa shape index (κ3) is 5.72. The van der Waals surface area contributed by atoms with Gasteiger partial charge < -0.3 is 19.9 Å². The van der Waals surface area contributed by atoms with Gasteiger partial charge >= 0.3 is 5.97 Å². The fourth-order valence-electron chi connectivity index (χ4n) is 3.30. The lowest BCUT2D eigenvalue weighted by Crippen LogP contribution is -2.27. The number of carbonyl (C=O) groups is 2. The van der Waals surface area contributed by atoms with E-state index in [1.807, 2.05) is 43.3 Å². The minimum Gasteiger partial charge on any atom is -0.496 e. The number of amides is 1. The van der Waals surface area contributed by atoms with Crippen LogP contribution in [0.25, 0.3) is 10.6 Å². The lowest BCUT2D eigenvalue weighted by Gasteiger charge is -2.15. The van der Waals surface area contributed by atoms with Crippen LogP contribution in [0.1, 0.15) is 33.4 Å². The molecule has 168 valence electrons. The van der Waals surface area contributed by atoms with Gasteiger partial charge in [0.05, 0.1) is 7.11 Å². The molecule has 0 saturated carbocycles. The summed E-state index contributed by atoms with van der Waals surface area (Å²) in [7, 11) is 1.55. The van der Waals surface area contributed by atoms with Crippen molar-refractivity contribution in [1.82, 2.24) is 10.3 Å². The van der Waals surface area contributed by atoms with Crippen LogP contribution in [0.2, 0.25) is 0 Å². The largest absolute Gasteiger partial charge is 0.496 e. The van der Waals surface area contributed by atoms with Crippen molar-refractivity contribution in [3.63, 3.8) is 0 Å². The zero-order valence-corrected chi connectivity index (χ0v) is 19.1. The second kappa shape index (κ2) is 10.9. The van der Waals surface area contributed by atoms with Crippen LogP contribution in [0.3, 0.4) is 0 Å². The maximum atomic E-state index is 12.8. The summed E-state index contributed by atoms with van der Waals surface area (Å²) in [5, 5.41) is 13.0. The van der Waals surface area contributed by atoms with Gasteiger partial charge in [0.1, 0.15) is 16.5 Å². The van der Waals surface area contributed by atoms with E-state index < -0.39 is 12.1 Å². The highest BCUT2D eigenvalue weighted by Gasteiger charge is 2.20. The van der Waals surface area contributed by atoms with Crippen LogP contribution in [-0.4, -0.2) is 41.8 Å². The minimum absolute atomic E-state index is 0.222. The van der Waals surface area contributed by atoms with Crippen LogP contribution in [-0.2, 0) is 22.5 Å². The fraction of sp³-hybridized carbons (Fsp3) is 0.292. The highest BCUT2D eigenvalue weighted by atomic mass is 32.1. The van der Waals surface area contributed by atoms with Gasteiger partial charge in [-0.3, -0.25) is 4.79 Å². The number of hydrogen-bond donors (Lipinski definition) is 2. The van der Waals surface area contributed by atoms with Crippen LogP contribution in [0.4, 0.5) is 0 Å². The van der Waals surface area contributed by atoms with Crippen molar-refractivity contribution in [3.05, 3.63) is 70.2 Å². The summed E-state index contributed by atoms with van der Waals surface area (Å²) in [6, 6.07) is 15.1. The van der Waals surface area contributed by atoms with Gasteiger partial charge in [0, 0.05) is 35.6 Å². The average Bonchev–Trinajstić information content (AvgIpc) is 3.19. The summed E-state index contributed by atoms with van der Waals surface area (Å²) in [6.45, 7) is 4.17. The van der Waals surface area contributed by atoms with Crippen molar-refractivity contribution in [3.8, 4) is 16.3 Å². The third-order valence-electron chi connectivity index (χ3n) is 4.88. The first-order chi connectivity index (χ1) is 15.4. The van der Waals surface area contributed by atoms with E-state index in [1.165, 1.54) is 11.3 Å². The van der Waals surface area contributed by atoms with E-state index in [1.54, 1.807) is 26.2 Å². The molecule has 1 amide bonds. The maximum Gasteiger partial charge on any atom is 0.333 e. The van der Waals surface area contributed by atoms with Crippen molar-refractivity contribution in [2.75, 3.05) is 13.7 Å². The molecule has 0 radical (unpaired) electrons. The van der Waals surface area contributed by atoms with Crippen molar-refractivity contribution in [2.24, 2.45) is 0 Å². The molecule has 0 aliphatic carbocycles. The van der Waals surface area contributed by atoms with Crippen LogP contribution < -0.4 is 10.1 Å². The number of nitrogens with one attached hydrogen (secondary N) is 1.